The molecule has 0 N–H and O–H groups in total. The maximum Gasteiger partial charge on any atom is 0.138 e. The van der Waals surface area contributed by atoms with E-state index >= 15 is 0 Å². The summed E-state index contributed by atoms with van der Waals surface area (Å²) in [6.45, 7) is 4.70. The van der Waals surface area contributed by atoms with Gasteiger partial charge in [-0.3, -0.25) is 0 Å². The van der Waals surface area contributed by atoms with Crippen LogP contribution in [0.4, 0.5) is 17.1 Å². The van der Waals surface area contributed by atoms with Gasteiger partial charge in [-0.05, 0) is 118 Å². The van der Waals surface area contributed by atoms with Gasteiger partial charge in [0.15, 0.2) is 0 Å². The molecule has 14 rings (SSSR count). The smallest absolute Gasteiger partial charge is 0.138 e. The predicted octanol–water partition coefficient (Wildman–Crippen LogP) is 18.2. The van der Waals surface area contributed by atoms with E-state index in [4.69, 9.17) is 4.42 Å². The van der Waals surface area contributed by atoms with E-state index in [9.17, 15) is 0 Å². The Morgan fingerprint density at radius 3 is 1.93 bits per heavy atom. The lowest BCUT2D eigenvalue weighted by Gasteiger charge is -2.28. The quantitative estimate of drug-likeness (QED) is 0.166. The molecule has 0 aliphatic heterocycles. The minimum atomic E-state index is -0.114. The van der Waals surface area contributed by atoms with Crippen LogP contribution in [0.5, 0.6) is 0 Å². The summed E-state index contributed by atoms with van der Waals surface area (Å²) in [5.74, 6) is 0. The number of nitrogens with zero attached hydrogens (tertiary/aromatic N) is 2. The van der Waals surface area contributed by atoms with E-state index in [2.05, 4.69) is 242 Å². The van der Waals surface area contributed by atoms with Gasteiger partial charge in [-0.2, -0.15) is 0 Å². The summed E-state index contributed by atoms with van der Waals surface area (Å²) >= 11 is 1.86. The molecule has 13 aromatic rings. The first-order chi connectivity index (χ1) is 33.0. The lowest BCUT2D eigenvalue weighted by atomic mass is 9.82. The Balaban J connectivity index is 0.998. The lowest BCUT2D eigenvalue weighted by molar-refractivity contribution is 0.660. The highest BCUT2D eigenvalue weighted by Gasteiger charge is 2.36. The second-order valence-corrected chi connectivity index (χ2v) is 19.5. The van der Waals surface area contributed by atoms with Crippen LogP contribution >= 0.6 is 11.3 Å². The molecule has 67 heavy (non-hydrogen) atoms. The molecule has 0 spiro atoms. The average molecular weight is 875 g/mol. The van der Waals surface area contributed by atoms with Crippen molar-refractivity contribution in [1.82, 2.24) is 4.57 Å². The third-order valence-corrected chi connectivity index (χ3v) is 15.5. The maximum absolute atomic E-state index is 6.77. The van der Waals surface area contributed by atoms with Crippen molar-refractivity contribution in [1.29, 1.82) is 0 Å². The molecule has 3 nitrogen and oxygen atoms in total. The van der Waals surface area contributed by atoms with Crippen molar-refractivity contribution < 1.29 is 4.42 Å². The third kappa shape index (κ3) is 5.70. The molecule has 0 saturated heterocycles. The number of anilines is 3. The third-order valence-electron chi connectivity index (χ3n) is 14.4. The molecule has 0 saturated carbocycles. The number of furan rings is 1. The fourth-order valence-corrected chi connectivity index (χ4v) is 12.3. The summed E-state index contributed by atoms with van der Waals surface area (Å²) in [6, 6.07) is 80.1. The standard InChI is InChI=1S/C63H42N2OS/c1-63(2)52-22-12-9-19-46(52)47-33-31-45(37-53(47)63)64(42-17-7-4-8-18-42)43-27-29-44(30-28-43)65-54-36-41(40-26-34-59-51(35-40)48-20-11-14-24-58(48)67-59)25-32-49(54)61-55(65)38-57-62(50-21-10-13-23-56(50)66-57)60(61)39-15-5-3-6-16-39/h3-38H,1-2H3. The molecular weight excluding hydrogens is 833 g/mol. The highest BCUT2D eigenvalue weighted by atomic mass is 32.1. The normalized spacial score (nSPS) is 13.0. The Bertz CT molecular complexity index is 4120. The zero-order valence-corrected chi connectivity index (χ0v) is 37.8. The highest BCUT2D eigenvalue weighted by molar-refractivity contribution is 7.25. The molecule has 0 radical (unpaired) electrons. The van der Waals surface area contributed by atoms with Crippen LogP contribution in [0.3, 0.4) is 0 Å². The topological polar surface area (TPSA) is 21.3 Å². The molecular formula is C63H42N2OS. The predicted molar refractivity (Wildman–Crippen MR) is 284 cm³/mol. The van der Waals surface area contributed by atoms with Gasteiger partial charge < -0.3 is 13.9 Å². The van der Waals surface area contributed by atoms with Crippen molar-refractivity contribution >= 4 is 92.3 Å². The number of aromatic nitrogens is 1. The Kier molecular flexibility index (Phi) is 8.20. The van der Waals surface area contributed by atoms with Gasteiger partial charge >= 0.3 is 0 Å². The molecule has 0 fully saturated rings. The summed E-state index contributed by atoms with van der Waals surface area (Å²) < 4.78 is 11.8. The summed E-state index contributed by atoms with van der Waals surface area (Å²) in [5.41, 5.74) is 18.4. The number of hydrogen-bond donors (Lipinski definition) is 0. The van der Waals surface area contributed by atoms with E-state index in [0.717, 1.165) is 61.3 Å². The first-order valence-electron chi connectivity index (χ1n) is 23.1. The first-order valence-corrected chi connectivity index (χ1v) is 23.9. The lowest BCUT2D eigenvalue weighted by Crippen LogP contribution is -2.16. The summed E-state index contributed by atoms with van der Waals surface area (Å²) in [5, 5.41) is 7.27. The number of hydrogen-bond acceptors (Lipinski definition) is 3. The molecule has 0 amide bonds. The van der Waals surface area contributed by atoms with Gasteiger partial charge in [0.1, 0.15) is 11.2 Å². The van der Waals surface area contributed by atoms with Crippen LogP contribution in [0.2, 0.25) is 0 Å². The molecule has 0 bridgehead atoms. The fourth-order valence-electron chi connectivity index (χ4n) is 11.2. The molecule has 4 heteroatoms. The van der Waals surface area contributed by atoms with Gasteiger partial charge in [0.2, 0.25) is 0 Å². The molecule has 0 unspecified atom stereocenters. The minimum Gasteiger partial charge on any atom is -0.456 e. The van der Waals surface area contributed by atoms with Crippen molar-refractivity contribution in [3.05, 3.63) is 230 Å². The largest absolute Gasteiger partial charge is 0.456 e. The van der Waals surface area contributed by atoms with Gasteiger partial charge in [0.25, 0.3) is 0 Å². The summed E-state index contributed by atoms with van der Waals surface area (Å²) in [7, 11) is 0. The number of fused-ring (bicyclic) bond motifs is 12. The average Bonchev–Trinajstić information content (AvgIpc) is 4.10. The number of thiophene rings is 1. The van der Waals surface area contributed by atoms with Gasteiger partial charge in [-0.15, -0.1) is 11.3 Å². The summed E-state index contributed by atoms with van der Waals surface area (Å²) in [6.07, 6.45) is 0. The number of rotatable bonds is 6. The fraction of sp³-hybridized carbons (Fsp3) is 0.0476. The van der Waals surface area contributed by atoms with Gasteiger partial charge in [0.05, 0.1) is 11.0 Å². The second kappa shape index (κ2) is 14.4. The Labute approximate surface area is 392 Å². The van der Waals surface area contributed by atoms with E-state index in [0.29, 0.717) is 0 Å². The van der Waals surface area contributed by atoms with Crippen LogP contribution in [-0.4, -0.2) is 4.57 Å². The molecule has 1 aliphatic rings. The Hall–Kier alpha value is -8.18. The van der Waals surface area contributed by atoms with Gasteiger partial charge in [-0.1, -0.05) is 147 Å². The number of para-hydroxylation sites is 2. The van der Waals surface area contributed by atoms with Crippen LogP contribution in [-0.2, 0) is 5.41 Å². The van der Waals surface area contributed by atoms with Gasteiger partial charge in [-0.25, -0.2) is 0 Å². The second-order valence-electron chi connectivity index (χ2n) is 18.4. The zero-order chi connectivity index (χ0) is 44.4. The van der Waals surface area contributed by atoms with Crippen molar-refractivity contribution in [2.75, 3.05) is 4.90 Å². The van der Waals surface area contributed by atoms with Crippen molar-refractivity contribution in [3.8, 4) is 39.1 Å². The van der Waals surface area contributed by atoms with Crippen LogP contribution < -0.4 is 4.90 Å². The van der Waals surface area contributed by atoms with Crippen LogP contribution in [0.15, 0.2) is 223 Å². The molecule has 3 heterocycles. The molecule has 316 valence electrons. The molecule has 1 aliphatic carbocycles. The summed E-state index contributed by atoms with van der Waals surface area (Å²) in [4.78, 5) is 2.39. The zero-order valence-electron chi connectivity index (χ0n) is 37.0. The number of benzene rings is 10. The highest BCUT2D eigenvalue weighted by Crippen LogP contribution is 2.51. The van der Waals surface area contributed by atoms with E-state index in [1.807, 2.05) is 11.3 Å². The van der Waals surface area contributed by atoms with Crippen molar-refractivity contribution in [2.24, 2.45) is 0 Å². The van der Waals surface area contributed by atoms with E-state index < -0.39 is 0 Å². The molecule has 10 aromatic carbocycles. The SMILES string of the molecule is CC1(C)c2ccccc2-c2ccc(N(c3ccccc3)c3ccc(-n4c5cc(-c6ccc7sc8ccccc8c7c6)ccc5c5c(-c6ccccc6)c6c(cc54)oc4ccccc46)cc3)cc21. The van der Waals surface area contributed by atoms with Crippen molar-refractivity contribution in [3.63, 3.8) is 0 Å². The maximum atomic E-state index is 6.77. The Morgan fingerprint density at radius 1 is 0.418 bits per heavy atom. The van der Waals surface area contributed by atoms with Crippen LogP contribution in [0.25, 0.3) is 103 Å². The minimum absolute atomic E-state index is 0.114. The van der Waals surface area contributed by atoms with E-state index in [1.54, 1.807) is 0 Å². The van der Waals surface area contributed by atoms with E-state index in [1.165, 1.54) is 69.9 Å². The Morgan fingerprint density at radius 2 is 1.07 bits per heavy atom. The first kappa shape index (κ1) is 38.1. The monoisotopic (exact) mass is 874 g/mol. The van der Waals surface area contributed by atoms with Gasteiger partial charge in [0, 0.05) is 81.5 Å². The molecule has 3 aromatic heterocycles. The van der Waals surface area contributed by atoms with Crippen molar-refractivity contribution in [2.45, 2.75) is 19.3 Å². The molecule has 0 atom stereocenters. The van der Waals surface area contributed by atoms with Crippen LogP contribution in [0.1, 0.15) is 25.0 Å². The van der Waals surface area contributed by atoms with E-state index in [-0.39, 0.29) is 5.41 Å². The van der Waals surface area contributed by atoms with Crippen LogP contribution in [0, 0.1) is 0 Å².